The molecular weight excluding hydrogens is 222 g/mol. The normalized spacial score (nSPS) is 10.3. The molecule has 0 spiro atoms. The van der Waals surface area contributed by atoms with Crippen LogP contribution < -0.4 is 10.5 Å². The summed E-state index contributed by atoms with van der Waals surface area (Å²) in [5, 5.41) is 0. The molecule has 2 nitrogen and oxygen atoms in total. The van der Waals surface area contributed by atoms with E-state index in [4.69, 9.17) is 10.5 Å². The lowest BCUT2D eigenvalue weighted by Crippen LogP contribution is -2.00. The zero-order valence-electron chi connectivity index (χ0n) is 10.7. The summed E-state index contributed by atoms with van der Waals surface area (Å²) in [6.07, 6.45) is 2.05. The van der Waals surface area contributed by atoms with Gasteiger partial charge in [0.05, 0.1) is 0 Å². The van der Waals surface area contributed by atoms with Crippen LogP contribution in [-0.2, 0) is 6.42 Å². The second-order valence-electron chi connectivity index (χ2n) is 4.45. The van der Waals surface area contributed by atoms with Crippen LogP contribution in [-0.4, -0.2) is 6.54 Å². The average Bonchev–Trinajstić information content (AvgIpc) is 2.38. The lowest BCUT2D eigenvalue weighted by molar-refractivity contribution is 0.482. The number of hydrogen-bond acceptors (Lipinski definition) is 2. The first-order valence-electron chi connectivity index (χ1n) is 6.31. The fraction of sp³-hybridized carbons (Fsp3) is 0.250. The molecule has 2 aromatic rings. The van der Waals surface area contributed by atoms with E-state index in [0.717, 1.165) is 30.9 Å². The van der Waals surface area contributed by atoms with Crippen molar-refractivity contribution < 1.29 is 4.74 Å². The molecule has 2 aromatic carbocycles. The first kappa shape index (κ1) is 12.7. The van der Waals surface area contributed by atoms with Crippen LogP contribution in [0.25, 0.3) is 0 Å². The Kier molecular flexibility index (Phi) is 4.37. The molecule has 0 fully saturated rings. The molecule has 18 heavy (non-hydrogen) atoms. The van der Waals surface area contributed by atoms with Crippen molar-refractivity contribution in [3.05, 3.63) is 59.7 Å². The van der Waals surface area contributed by atoms with Gasteiger partial charge >= 0.3 is 0 Å². The minimum absolute atomic E-state index is 0.738. The molecule has 0 aliphatic carbocycles. The van der Waals surface area contributed by atoms with E-state index in [9.17, 15) is 0 Å². The molecule has 0 unspecified atom stereocenters. The molecule has 94 valence electrons. The summed E-state index contributed by atoms with van der Waals surface area (Å²) in [5.41, 5.74) is 8.00. The van der Waals surface area contributed by atoms with E-state index >= 15 is 0 Å². The number of aryl methyl sites for hydroxylation is 2. The van der Waals surface area contributed by atoms with Crippen molar-refractivity contribution in [3.8, 4) is 11.5 Å². The quantitative estimate of drug-likeness (QED) is 0.866. The van der Waals surface area contributed by atoms with Gasteiger partial charge in [0, 0.05) is 0 Å². The molecule has 0 aliphatic rings. The molecule has 0 saturated heterocycles. The predicted octanol–water partition coefficient (Wildman–Crippen LogP) is 3.68. The molecule has 0 radical (unpaired) electrons. The zero-order chi connectivity index (χ0) is 12.8. The van der Waals surface area contributed by atoms with Crippen molar-refractivity contribution >= 4 is 0 Å². The van der Waals surface area contributed by atoms with Gasteiger partial charge in [-0.05, 0) is 61.7 Å². The van der Waals surface area contributed by atoms with Gasteiger partial charge < -0.3 is 10.5 Å². The lowest BCUT2D eigenvalue weighted by atomic mass is 10.1. The fourth-order valence-corrected chi connectivity index (χ4v) is 1.85. The third-order valence-electron chi connectivity index (χ3n) is 2.82. The van der Waals surface area contributed by atoms with Gasteiger partial charge in [0.25, 0.3) is 0 Å². The van der Waals surface area contributed by atoms with Gasteiger partial charge in [-0.3, -0.25) is 0 Å². The predicted molar refractivity (Wildman–Crippen MR) is 75.1 cm³/mol. The molecule has 2 rings (SSSR count). The van der Waals surface area contributed by atoms with Crippen LogP contribution in [0, 0.1) is 6.92 Å². The van der Waals surface area contributed by atoms with E-state index in [1.54, 1.807) is 0 Å². The maximum atomic E-state index is 5.79. The molecule has 0 heterocycles. The number of ether oxygens (including phenoxy) is 1. The number of hydrogen-bond donors (Lipinski definition) is 1. The van der Waals surface area contributed by atoms with E-state index < -0.39 is 0 Å². The van der Waals surface area contributed by atoms with Gasteiger partial charge in [-0.15, -0.1) is 0 Å². The Bertz CT molecular complexity index is 491. The highest BCUT2D eigenvalue weighted by molar-refractivity contribution is 5.34. The van der Waals surface area contributed by atoms with Gasteiger partial charge in [-0.25, -0.2) is 0 Å². The number of benzene rings is 2. The van der Waals surface area contributed by atoms with E-state index in [0.29, 0.717) is 0 Å². The summed E-state index contributed by atoms with van der Waals surface area (Å²) < 4.78 is 5.79. The van der Waals surface area contributed by atoms with Crippen LogP contribution in [0.5, 0.6) is 11.5 Å². The Morgan fingerprint density at radius 1 is 1.00 bits per heavy atom. The van der Waals surface area contributed by atoms with Crippen molar-refractivity contribution in [2.24, 2.45) is 5.73 Å². The smallest absolute Gasteiger partial charge is 0.127 e. The van der Waals surface area contributed by atoms with Crippen molar-refractivity contribution in [1.29, 1.82) is 0 Å². The van der Waals surface area contributed by atoms with Crippen molar-refractivity contribution in [2.45, 2.75) is 19.8 Å². The fourth-order valence-electron chi connectivity index (χ4n) is 1.85. The van der Waals surface area contributed by atoms with Crippen molar-refractivity contribution in [1.82, 2.24) is 0 Å². The Balaban J connectivity index is 2.02. The summed E-state index contributed by atoms with van der Waals surface area (Å²) in [6, 6.07) is 16.3. The summed E-state index contributed by atoms with van der Waals surface area (Å²) in [4.78, 5) is 0. The highest BCUT2D eigenvalue weighted by Crippen LogP contribution is 2.22. The summed E-state index contributed by atoms with van der Waals surface area (Å²) in [7, 11) is 0. The zero-order valence-corrected chi connectivity index (χ0v) is 10.7. The highest BCUT2D eigenvalue weighted by atomic mass is 16.5. The summed E-state index contributed by atoms with van der Waals surface area (Å²) >= 11 is 0. The second-order valence-corrected chi connectivity index (χ2v) is 4.45. The first-order valence-corrected chi connectivity index (χ1v) is 6.31. The second kappa shape index (κ2) is 6.22. The van der Waals surface area contributed by atoms with Gasteiger partial charge in [0.15, 0.2) is 0 Å². The van der Waals surface area contributed by atoms with Crippen LogP contribution in [0.1, 0.15) is 17.5 Å². The average molecular weight is 241 g/mol. The Morgan fingerprint density at radius 2 is 1.78 bits per heavy atom. The molecule has 0 bridgehead atoms. The van der Waals surface area contributed by atoms with E-state index in [1.165, 1.54) is 11.1 Å². The highest BCUT2D eigenvalue weighted by Gasteiger charge is 1.98. The van der Waals surface area contributed by atoms with Gasteiger partial charge in [-0.2, -0.15) is 0 Å². The maximum Gasteiger partial charge on any atom is 0.127 e. The molecule has 0 saturated carbocycles. The Morgan fingerprint density at radius 3 is 2.44 bits per heavy atom. The van der Waals surface area contributed by atoms with Crippen molar-refractivity contribution in [3.63, 3.8) is 0 Å². The molecule has 0 amide bonds. The number of rotatable bonds is 5. The third-order valence-corrected chi connectivity index (χ3v) is 2.82. The summed E-state index contributed by atoms with van der Waals surface area (Å²) in [6.45, 7) is 2.80. The topological polar surface area (TPSA) is 35.2 Å². The van der Waals surface area contributed by atoms with Gasteiger partial charge in [-0.1, -0.05) is 24.3 Å². The summed E-state index contributed by atoms with van der Waals surface area (Å²) in [5.74, 6) is 1.75. The van der Waals surface area contributed by atoms with E-state index in [2.05, 4.69) is 25.1 Å². The maximum absolute atomic E-state index is 5.79. The van der Waals surface area contributed by atoms with E-state index in [1.807, 2.05) is 30.3 Å². The first-order chi connectivity index (χ1) is 8.78. The minimum Gasteiger partial charge on any atom is -0.457 e. The molecule has 2 N–H and O–H groups in total. The van der Waals surface area contributed by atoms with Crippen LogP contribution >= 0.6 is 0 Å². The minimum atomic E-state index is 0.738. The molecule has 0 aliphatic heterocycles. The van der Waals surface area contributed by atoms with Crippen LogP contribution in [0.15, 0.2) is 48.5 Å². The largest absolute Gasteiger partial charge is 0.457 e. The van der Waals surface area contributed by atoms with Crippen LogP contribution in [0.4, 0.5) is 0 Å². The Labute approximate surface area is 108 Å². The van der Waals surface area contributed by atoms with Crippen LogP contribution in [0.3, 0.4) is 0 Å². The lowest BCUT2D eigenvalue weighted by Gasteiger charge is -2.07. The third kappa shape index (κ3) is 3.60. The number of nitrogens with two attached hydrogens (primary N) is 1. The Hall–Kier alpha value is -1.80. The van der Waals surface area contributed by atoms with Gasteiger partial charge in [0.2, 0.25) is 0 Å². The SMILES string of the molecule is Cc1cccc(Oc2ccc(CCCN)cc2)c1. The monoisotopic (exact) mass is 241 g/mol. The standard InChI is InChI=1S/C16H19NO/c1-13-4-2-6-16(12-13)18-15-9-7-14(8-10-15)5-3-11-17/h2,4,6-10,12H,3,5,11,17H2,1H3. The van der Waals surface area contributed by atoms with Gasteiger partial charge in [0.1, 0.15) is 11.5 Å². The molecule has 0 aromatic heterocycles. The molecular formula is C16H19NO. The molecule has 2 heteroatoms. The van der Waals surface area contributed by atoms with Crippen LogP contribution in [0.2, 0.25) is 0 Å². The molecule has 0 atom stereocenters. The van der Waals surface area contributed by atoms with Crippen molar-refractivity contribution in [2.75, 3.05) is 6.54 Å². The van der Waals surface area contributed by atoms with E-state index in [-0.39, 0.29) is 0 Å².